The lowest BCUT2D eigenvalue weighted by atomic mass is 10.0. The van der Waals surface area contributed by atoms with E-state index in [1.165, 1.54) is 22.4 Å². The standard InChI is InChI=1S/C20H29ClN4O2/c1-13-9-15(21)10-14(2)18(13)25-8-6-7-17-19(24(3)23-20(17)25)22-16(11-26-4)12-27-5/h9-10,16,22H,6-8,11-12H2,1-5H3. The number of aromatic nitrogens is 2. The SMILES string of the molecule is COCC(COC)Nc1c2c(nn1C)N(c1c(C)cc(Cl)cc1C)CCC2. The number of anilines is 3. The lowest BCUT2D eigenvalue weighted by molar-refractivity contribution is 0.126. The van der Waals surface area contributed by atoms with Crippen LogP contribution >= 0.6 is 11.6 Å². The average molecular weight is 393 g/mol. The van der Waals surface area contributed by atoms with Gasteiger partial charge < -0.3 is 19.7 Å². The minimum absolute atomic E-state index is 0.0777. The molecular weight excluding hydrogens is 364 g/mol. The summed E-state index contributed by atoms with van der Waals surface area (Å²) in [4.78, 5) is 2.33. The first-order chi connectivity index (χ1) is 13.0. The van der Waals surface area contributed by atoms with Crippen LogP contribution in [0.15, 0.2) is 12.1 Å². The number of halogens is 1. The molecule has 7 heteroatoms. The van der Waals surface area contributed by atoms with Gasteiger partial charge in [0, 0.05) is 44.1 Å². The fourth-order valence-corrected chi connectivity index (χ4v) is 4.30. The van der Waals surface area contributed by atoms with Gasteiger partial charge in [0.15, 0.2) is 5.82 Å². The monoisotopic (exact) mass is 392 g/mol. The summed E-state index contributed by atoms with van der Waals surface area (Å²) in [5.74, 6) is 2.06. The van der Waals surface area contributed by atoms with Gasteiger partial charge in [-0.3, -0.25) is 4.68 Å². The van der Waals surface area contributed by atoms with Crippen LogP contribution in [-0.2, 0) is 22.9 Å². The number of benzene rings is 1. The highest BCUT2D eigenvalue weighted by Gasteiger charge is 2.28. The molecule has 0 saturated heterocycles. The molecule has 0 fully saturated rings. The molecule has 0 amide bonds. The van der Waals surface area contributed by atoms with Gasteiger partial charge in [-0.1, -0.05) is 11.6 Å². The van der Waals surface area contributed by atoms with Gasteiger partial charge in [-0.05, 0) is 49.9 Å². The highest BCUT2D eigenvalue weighted by atomic mass is 35.5. The van der Waals surface area contributed by atoms with E-state index in [0.29, 0.717) is 13.2 Å². The Morgan fingerprint density at radius 1 is 1.19 bits per heavy atom. The Hall–Kier alpha value is -1.76. The summed E-state index contributed by atoms with van der Waals surface area (Å²) in [6.45, 7) is 6.32. The second kappa shape index (κ2) is 8.50. The van der Waals surface area contributed by atoms with Crippen molar-refractivity contribution < 1.29 is 9.47 Å². The van der Waals surface area contributed by atoms with Crippen molar-refractivity contribution >= 4 is 28.9 Å². The number of hydrogen-bond acceptors (Lipinski definition) is 5. The van der Waals surface area contributed by atoms with Crippen LogP contribution in [0, 0.1) is 13.8 Å². The first-order valence-electron chi connectivity index (χ1n) is 9.30. The molecule has 1 aliphatic rings. The van der Waals surface area contributed by atoms with Crippen molar-refractivity contribution in [2.75, 3.05) is 44.2 Å². The van der Waals surface area contributed by atoms with Gasteiger partial charge in [0.05, 0.1) is 19.3 Å². The van der Waals surface area contributed by atoms with Crippen molar-refractivity contribution in [1.82, 2.24) is 9.78 Å². The highest BCUT2D eigenvalue weighted by molar-refractivity contribution is 6.30. The zero-order valence-electron chi connectivity index (χ0n) is 16.8. The third-order valence-corrected chi connectivity index (χ3v) is 5.21. The van der Waals surface area contributed by atoms with Crippen LogP contribution in [0.2, 0.25) is 5.02 Å². The number of nitrogens with one attached hydrogen (secondary N) is 1. The van der Waals surface area contributed by atoms with Crippen molar-refractivity contribution in [2.45, 2.75) is 32.7 Å². The van der Waals surface area contributed by atoms with E-state index in [4.69, 9.17) is 26.2 Å². The Bertz CT molecular complexity index is 777. The van der Waals surface area contributed by atoms with Gasteiger partial charge in [0.1, 0.15) is 5.82 Å². The smallest absolute Gasteiger partial charge is 0.160 e. The Balaban J connectivity index is 1.98. The zero-order chi connectivity index (χ0) is 19.6. The normalized spacial score (nSPS) is 14.0. The fraction of sp³-hybridized carbons (Fsp3) is 0.550. The molecule has 0 atom stereocenters. The molecule has 0 bridgehead atoms. The van der Waals surface area contributed by atoms with Crippen LogP contribution in [0.1, 0.15) is 23.1 Å². The molecule has 1 N–H and O–H groups in total. The lowest BCUT2D eigenvalue weighted by Crippen LogP contribution is -2.31. The van der Waals surface area contributed by atoms with Crippen molar-refractivity contribution in [1.29, 1.82) is 0 Å². The Labute approximate surface area is 166 Å². The predicted molar refractivity (Wildman–Crippen MR) is 111 cm³/mol. The maximum atomic E-state index is 6.24. The Morgan fingerprint density at radius 3 is 2.41 bits per heavy atom. The minimum atomic E-state index is 0.0777. The molecule has 0 radical (unpaired) electrons. The summed E-state index contributed by atoms with van der Waals surface area (Å²) >= 11 is 6.24. The van der Waals surface area contributed by atoms with Crippen molar-refractivity contribution in [3.05, 3.63) is 33.8 Å². The second-order valence-electron chi connectivity index (χ2n) is 7.17. The predicted octanol–water partition coefficient (Wildman–Crippen LogP) is 3.85. The summed E-state index contributed by atoms with van der Waals surface area (Å²) in [6, 6.07) is 4.12. The lowest BCUT2D eigenvalue weighted by Gasteiger charge is -2.31. The van der Waals surface area contributed by atoms with Crippen molar-refractivity contribution in [3.8, 4) is 0 Å². The summed E-state index contributed by atoms with van der Waals surface area (Å²) < 4.78 is 12.6. The third-order valence-electron chi connectivity index (χ3n) is 4.99. The van der Waals surface area contributed by atoms with Gasteiger partial charge in [0.25, 0.3) is 0 Å². The summed E-state index contributed by atoms with van der Waals surface area (Å²) in [5, 5.41) is 9.20. The van der Waals surface area contributed by atoms with E-state index in [0.717, 1.165) is 36.0 Å². The molecule has 0 unspecified atom stereocenters. The molecule has 0 spiro atoms. The van der Waals surface area contributed by atoms with Crippen molar-refractivity contribution in [3.63, 3.8) is 0 Å². The van der Waals surface area contributed by atoms with E-state index in [-0.39, 0.29) is 6.04 Å². The van der Waals surface area contributed by atoms with Gasteiger partial charge >= 0.3 is 0 Å². The maximum absolute atomic E-state index is 6.24. The summed E-state index contributed by atoms with van der Waals surface area (Å²) in [7, 11) is 5.39. The van der Waals surface area contributed by atoms with Crippen molar-refractivity contribution in [2.24, 2.45) is 7.05 Å². The first kappa shape index (κ1) is 20.0. The molecule has 1 aliphatic heterocycles. The number of ether oxygens (including phenoxy) is 2. The number of methoxy groups -OCH3 is 2. The molecular formula is C20H29ClN4O2. The van der Waals surface area contributed by atoms with Crippen LogP contribution in [0.25, 0.3) is 0 Å². The topological polar surface area (TPSA) is 51.6 Å². The molecule has 3 rings (SSSR count). The summed E-state index contributed by atoms with van der Waals surface area (Å²) in [5.41, 5.74) is 4.79. The molecule has 148 valence electrons. The van der Waals surface area contributed by atoms with E-state index >= 15 is 0 Å². The van der Waals surface area contributed by atoms with E-state index in [1.54, 1.807) is 14.2 Å². The molecule has 6 nitrogen and oxygen atoms in total. The molecule has 1 aromatic carbocycles. The zero-order valence-corrected chi connectivity index (χ0v) is 17.6. The van der Waals surface area contributed by atoms with E-state index < -0.39 is 0 Å². The van der Waals surface area contributed by atoms with Crippen LogP contribution in [0.4, 0.5) is 17.3 Å². The summed E-state index contributed by atoms with van der Waals surface area (Å²) in [6.07, 6.45) is 2.08. The van der Waals surface area contributed by atoms with Crippen LogP contribution < -0.4 is 10.2 Å². The molecule has 0 aliphatic carbocycles. The highest BCUT2D eigenvalue weighted by Crippen LogP contribution is 2.40. The third kappa shape index (κ3) is 4.08. The van der Waals surface area contributed by atoms with E-state index in [2.05, 4.69) is 24.1 Å². The minimum Gasteiger partial charge on any atom is -0.382 e. The molecule has 0 saturated carbocycles. The van der Waals surface area contributed by atoms with Crippen LogP contribution in [0.5, 0.6) is 0 Å². The number of nitrogens with zero attached hydrogens (tertiary/aromatic N) is 3. The van der Waals surface area contributed by atoms with Gasteiger partial charge in [-0.15, -0.1) is 0 Å². The maximum Gasteiger partial charge on any atom is 0.160 e. The number of rotatable bonds is 7. The Kier molecular flexibility index (Phi) is 6.29. The largest absolute Gasteiger partial charge is 0.382 e. The Morgan fingerprint density at radius 2 is 1.81 bits per heavy atom. The van der Waals surface area contributed by atoms with Gasteiger partial charge in [0.2, 0.25) is 0 Å². The van der Waals surface area contributed by atoms with Crippen LogP contribution in [-0.4, -0.2) is 49.8 Å². The second-order valence-corrected chi connectivity index (χ2v) is 7.61. The fourth-order valence-electron chi connectivity index (χ4n) is 3.97. The average Bonchev–Trinajstić information content (AvgIpc) is 2.91. The quantitative estimate of drug-likeness (QED) is 0.775. The number of hydrogen-bond donors (Lipinski definition) is 1. The number of aryl methyl sites for hydroxylation is 3. The van der Waals surface area contributed by atoms with E-state index in [1.807, 2.05) is 23.9 Å². The molecule has 2 heterocycles. The van der Waals surface area contributed by atoms with Gasteiger partial charge in [-0.2, -0.15) is 5.10 Å². The first-order valence-corrected chi connectivity index (χ1v) is 9.68. The van der Waals surface area contributed by atoms with Gasteiger partial charge in [-0.25, -0.2) is 0 Å². The molecule has 27 heavy (non-hydrogen) atoms. The number of fused-ring (bicyclic) bond motifs is 1. The molecule has 1 aromatic heterocycles. The molecule has 2 aromatic rings. The van der Waals surface area contributed by atoms with Crippen LogP contribution in [0.3, 0.4) is 0 Å². The van der Waals surface area contributed by atoms with E-state index in [9.17, 15) is 0 Å².